The maximum absolute atomic E-state index is 12.7. The number of amides is 2. The van der Waals surface area contributed by atoms with Gasteiger partial charge in [-0.05, 0) is 24.3 Å². The predicted octanol–water partition coefficient (Wildman–Crippen LogP) is 0.477. The molecule has 2 N–H and O–H groups in total. The van der Waals surface area contributed by atoms with Crippen molar-refractivity contribution in [2.45, 2.75) is 12.5 Å². The van der Waals surface area contributed by atoms with Crippen LogP contribution in [0.2, 0.25) is 0 Å². The highest BCUT2D eigenvalue weighted by atomic mass is 19.1. The normalized spacial score (nSPS) is 17.8. The fourth-order valence-corrected chi connectivity index (χ4v) is 1.96. The summed E-state index contributed by atoms with van der Waals surface area (Å²) in [5, 5.41) is 5.34. The fraction of sp³-hybridized carbons (Fsp3) is 0.467. The van der Waals surface area contributed by atoms with Gasteiger partial charge < -0.3 is 20.1 Å². The number of carbonyl (C=O) groups excluding carboxylic acids is 2. The molecule has 0 saturated carbocycles. The zero-order chi connectivity index (χ0) is 15.8. The molecule has 0 aromatic heterocycles. The lowest BCUT2D eigenvalue weighted by molar-refractivity contribution is -0.123. The average molecular weight is 310 g/mol. The quantitative estimate of drug-likeness (QED) is 0.801. The van der Waals surface area contributed by atoms with Crippen LogP contribution in [0.25, 0.3) is 0 Å². The monoisotopic (exact) mass is 310 g/mol. The smallest absolute Gasteiger partial charge is 0.251 e. The molecule has 1 aliphatic rings. The second-order valence-electron chi connectivity index (χ2n) is 4.88. The van der Waals surface area contributed by atoms with Crippen molar-refractivity contribution in [1.29, 1.82) is 0 Å². The van der Waals surface area contributed by atoms with E-state index >= 15 is 0 Å². The van der Waals surface area contributed by atoms with Gasteiger partial charge in [0.1, 0.15) is 5.82 Å². The maximum atomic E-state index is 12.7. The van der Waals surface area contributed by atoms with Crippen molar-refractivity contribution in [3.05, 3.63) is 35.6 Å². The van der Waals surface area contributed by atoms with Crippen LogP contribution in [0.4, 0.5) is 4.39 Å². The molecule has 0 radical (unpaired) electrons. The first-order chi connectivity index (χ1) is 10.6. The van der Waals surface area contributed by atoms with E-state index in [9.17, 15) is 14.0 Å². The summed E-state index contributed by atoms with van der Waals surface area (Å²) in [7, 11) is 0. The highest BCUT2D eigenvalue weighted by Crippen LogP contribution is 2.02. The molecule has 22 heavy (non-hydrogen) atoms. The second-order valence-corrected chi connectivity index (χ2v) is 4.88. The fourth-order valence-electron chi connectivity index (χ4n) is 1.96. The largest absolute Gasteiger partial charge is 0.376 e. The number of hydrogen-bond donors (Lipinski definition) is 2. The third kappa shape index (κ3) is 5.42. The van der Waals surface area contributed by atoms with E-state index in [1.165, 1.54) is 24.3 Å². The van der Waals surface area contributed by atoms with Crippen LogP contribution < -0.4 is 10.6 Å². The Kier molecular flexibility index (Phi) is 6.29. The SMILES string of the molecule is O=C(CCNC(=O)c1ccc(F)cc1)NC[C@H]1COCCO1. The van der Waals surface area contributed by atoms with Gasteiger partial charge in [0, 0.05) is 25.1 Å². The molecule has 120 valence electrons. The molecule has 0 spiro atoms. The van der Waals surface area contributed by atoms with Gasteiger partial charge in [0.05, 0.1) is 25.9 Å². The lowest BCUT2D eigenvalue weighted by Gasteiger charge is -2.23. The van der Waals surface area contributed by atoms with Crippen molar-refractivity contribution < 1.29 is 23.5 Å². The molecule has 1 aromatic carbocycles. The second kappa shape index (κ2) is 8.45. The molecule has 1 heterocycles. The van der Waals surface area contributed by atoms with Gasteiger partial charge in [-0.3, -0.25) is 9.59 Å². The average Bonchev–Trinajstić information content (AvgIpc) is 2.54. The Hall–Kier alpha value is -1.99. The molecule has 0 aliphatic carbocycles. The van der Waals surface area contributed by atoms with Crippen molar-refractivity contribution >= 4 is 11.8 Å². The third-order valence-electron chi connectivity index (χ3n) is 3.16. The zero-order valence-corrected chi connectivity index (χ0v) is 12.1. The first-order valence-corrected chi connectivity index (χ1v) is 7.15. The topological polar surface area (TPSA) is 76.7 Å². The predicted molar refractivity (Wildman–Crippen MR) is 76.9 cm³/mol. The Morgan fingerprint density at radius 1 is 1.18 bits per heavy atom. The molecular formula is C15H19FN2O4. The summed E-state index contributed by atoms with van der Waals surface area (Å²) in [6.45, 7) is 2.20. The van der Waals surface area contributed by atoms with E-state index in [0.717, 1.165) is 0 Å². The van der Waals surface area contributed by atoms with Gasteiger partial charge in [-0.2, -0.15) is 0 Å². The lowest BCUT2D eigenvalue weighted by Crippen LogP contribution is -2.40. The Labute approximate surface area is 128 Å². The molecule has 1 saturated heterocycles. The number of halogens is 1. The van der Waals surface area contributed by atoms with Crippen molar-refractivity contribution in [3.63, 3.8) is 0 Å². The van der Waals surface area contributed by atoms with E-state index in [4.69, 9.17) is 9.47 Å². The summed E-state index contributed by atoms with van der Waals surface area (Å²) in [4.78, 5) is 23.4. The molecule has 7 heteroatoms. The standard InChI is InChI=1S/C15H19FN2O4/c16-12-3-1-11(2-4-12)15(20)17-6-5-14(19)18-9-13-10-21-7-8-22-13/h1-4,13H,5-10H2,(H,17,20)(H,18,19)/t13-/m0/s1. The zero-order valence-electron chi connectivity index (χ0n) is 12.1. The minimum atomic E-state index is -0.398. The third-order valence-corrected chi connectivity index (χ3v) is 3.16. The van der Waals surface area contributed by atoms with E-state index < -0.39 is 5.82 Å². The van der Waals surface area contributed by atoms with Crippen molar-refractivity contribution in [3.8, 4) is 0 Å². The molecule has 0 bridgehead atoms. The minimum Gasteiger partial charge on any atom is -0.376 e. The minimum absolute atomic E-state index is 0.119. The number of nitrogens with one attached hydrogen (secondary N) is 2. The van der Waals surface area contributed by atoms with Crippen LogP contribution in [0.3, 0.4) is 0 Å². The summed E-state index contributed by atoms with van der Waals surface area (Å²) >= 11 is 0. The van der Waals surface area contributed by atoms with E-state index in [1.54, 1.807) is 0 Å². The van der Waals surface area contributed by atoms with Crippen LogP contribution in [0, 0.1) is 5.82 Å². The highest BCUT2D eigenvalue weighted by molar-refractivity contribution is 5.94. The molecule has 6 nitrogen and oxygen atoms in total. The first kappa shape index (κ1) is 16.4. The lowest BCUT2D eigenvalue weighted by atomic mass is 10.2. The number of carbonyl (C=O) groups is 2. The van der Waals surface area contributed by atoms with Crippen LogP contribution in [0.5, 0.6) is 0 Å². The number of benzene rings is 1. The summed E-state index contributed by atoms with van der Waals surface area (Å²) in [5.41, 5.74) is 0.356. The van der Waals surface area contributed by atoms with Crippen LogP contribution in [-0.2, 0) is 14.3 Å². The van der Waals surface area contributed by atoms with Gasteiger partial charge in [0.2, 0.25) is 5.91 Å². The van der Waals surface area contributed by atoms with Gasteiger partial charge in [0.25, 0.3) is 5.91 Å². The Morgan fingerprint density at radius 3 is 2.64 bits per heavy atom. The molecule has 2 rings (SSSR count). The number of ether oxygens (including phenoxy) is 2. The number of hydrogen-bond acceptors (Lipinski definition) is 4. The van der Waals surface area contributed by atoms with Crippen molar-refractivity contribution in [2.24, 2.45) is 0 Å². The Bertz CT molecular complexity index is 501. The summed E-state index contributed by atoms with van der Waals surface area (Å²) in [6, 6.07) is 5.22. The Morgan fingerprint density at radius 2 is 1.95 bits per heavy atom. The summed E-state index contributed by atoms with van der Waals surface area (Å²) in [6.07, 6.45) is 0.0482. The van der Waals surface area contributed by atoms with Crippen LogP contribution in [0.1, 0.15) is 16.8 Å². The van der Waals surface area contributed by atoms with E-state index in [0.29, 0.717) is 31.9 Å². The van der Waals surface area contributed by atoms with Gasteiger partial charge in [0.15, 0.2) is 0 Å². The maximum Gasteiger partial charge on any atom is 0.251 e. The van der Waals surface area contributed by atoms with Crippen LogP contribution >= 0.6 is 0 Å². The van der Waals surface area contributed by atoms with Crippen molar-refractivity contribution in [1.82, 2.24) is 10.6 Å². The molecule has 1 atom stereocenters. The molecule has 0 unspecified atom stereocenters. The Balaban J connectivity index is 1.61. The van der Waals surface area contributed by atoms with Gasteiger partial charge >= 0.3 is 0 Å². The van der Waals surface area contributed by atoms with Gasteiger partial charge in [-0.25, -0.2) is 4.39 Å². The molecular weight excluding hydrogens is 291 g/mol. The molecule has 1 aromatic rings. The van der Waals surface area contributed by atoms with E-state index in [1.807, 2.05) is 0 Å². The van der Waals surface area contributed by atoms with Crippen LogP contribution in [0.15, 0.2) is 24.3 Å². The number of rotatable bonds is 6. The van der Waals surface area contributed by atoms with Crippen molar-refractivity contribution in [2.75, 3.05) is 32.9 Å². The first-order valence-electron chi connectivity index (χ1n) is 7.15. The molecule has 1 aliphatic heterocycles. The summed E-state index contributed by atoms with van der Waals surface area (Å²) in [5.74, 6) is -0.907. The molecule has 2 amide bonds. The summed E-state index contributed by atoms with van der Waals surface area (Å²) < 4.78 is 23.4. The van der Waals surface area contributed by atoms with Crippen LogP contribution in [-0.4, -0.2) is 50.8 Å². The van der Waals surface area contributed by atoms with Gasteiger partial charge in [-0.1, -0.05) is 0 Å². The van der Waals surface area contributed by atoms with E-state index in [-0.39, 0.29) is 30.9 Å². The van der Waals surface area contributed by atoms with Gasteiger partial charge in [-0.15, -0.1) is 0 Å². The van der Waals surface area contributed by atoms with E-state index in [2.05, 4.69) is 10.6 Å². The molecule has 1 fully saturated rings. The highest BCUT2D eigenvalue weighted by Gasteiger charge is 2.15.